The molecule has 0 aromatic heterocycles. The average Bonchev–Trinajstić information content (AvgIpc) is 2.85. The molecular weight excluding hydrogens is 256 g/mol. The van der Waals surface area contributed by atoms with Crippen LogP contribution in [0.25, 0.3) is 0 Å². The predicted octanol–water partition coefficient (Wildman–Crippen LogP) is 3.89. The molecule has 1 atom stereocenters. The number of benzene rings is 1. The van der Waals surface area contributed by atoms with Gasteiger partial charge in [-0.15, -0.1) is 0 Å². The van der Waals surface area contributed by atoms with E-state index in [0.29, 0.717) is 5.41 Å². The Morgan fingerprint density at radius 2 is 1.76 bits per heavy atom. The van der Waals surface area contributed by atoms with Crippen LogP contribution in [0.15, 0.2) is 30.3 Å². The number of nitrogens with zero attached hydrogens (tertiary/aromatic N) is 1. The van der Waals surface area contributed by atoms with Gasteiger partial charge in [-0.1, -0.05) is 44.2 Å². The van der Waals surface area contributed by atoms with Gasteiger partial charge in [-0.3, -0.25) is 0 Å². The Morgan fingerprint density at radius 3 is 2.38 bits per heavy atom. The van der Waals surface area contributed by atoms with Crippen LogP contribution in [0.4, 0.5) is 0 Å². The fraction of sp³-hybridized carbons (Fsp3) is 0.684. The molecular formula is C19H32N2. The van der Waals surface area contributed by atoms with Crippen LogP contribution in [0, 0.1) is 5.41 Å². The molecule has 2 heteroatoms. The summed E-state index contributed by atoms with van der Waals surface area (Å²) < 4.78 is 0. The zero-order valence-electron chi connectivity index (χ0n) is 14.4. The van der Waals surface area contributed by atoms with Crippen LogP contribution in [0.2, 0.25) is 0 Å². The summed E-state index contributed by atoms with van der Waals surface area (Å²) in [5, 5.41) is 3.65. The summed E-state index contributed by atoms with van der Waals surface area (Å²) in [6.07, 6.45) is 1.30. The average molecular weight is 288 g/mol. The molecule has 1 aromatic rings. The summed E-state index contributed by atoms with van der Waals surface area (Å²) in [5.41, 5.74) is 2.03. The summed E-state index contributed by atoms with van der Waals surface area (Å²) in [6, 6.07) is 11.0. The number of hydrogen-bond acceptors (Lipinski definition) is 2. The van der Waals surface area contributed by atoms with E-state index in [1.165, 1.54) is 31.6 Å². The molecule has 1 aromatic carbocycles. The summed E-state index contributed by atoms with van der Waals surface area (Å²) >= 11 is 0. The third kappa shape index (κ3) is 5.44. The van der Waals surface area contributed by atoms with Crippen molar-refractivity contribution in [1.82, 2.24) is 10.2 Å². The largest absolute Gasteiger partial charge is 0.311 e. The Morgan fingerprint density at radius 1 is 1.10 bits per heavy atom. The standard InChI is InChI=1S/C19H32N2/c1-18(2,3)20-14-19(4,5)15-21-12-11-17(13-21)16-9-7-6-8-10-16/h6-10,17,20H,11-15H2,1-5H3. The molecule has 1 aliphatic heterocycles. The van der Waals surface area contributed by atoms with Crippen molar-refractivity contribution in [2.75, 3.05) is 26.2 Å². The van der Waals surface area contributed by atoms with Crippen LogP contribution in [0.1, 0.15) is 52.5 Å². The van der Waals surface area contributed by atoms with Gasteiger partial charge in [0.15, 0.2) is 0 Å². The van der Waals surface area contributed by atoms with Gasteiger partial charge in [0.2, 0.25) is 0 Å². The smallest absolute Gasteiger partial charge is 0.00967 e. The second-order valence-corrected chi connectivity index (χ2v) is 8.40. The van der Waals surface area contributed by atoms with Gasteiger partial charge >= 0.3 is 0 Å². The van der Waals surface area contributed by atoms with Crippen molar-refractivity contribution in [3.05, 3.63) is 35.9 Å². The van der Waals surface area contributed by atoms with Gasteiger partial charge in [-0.25, -0.2) is 0 Å². The topological polar surface area (TPSA) is 15.3 Å². The van der Waals surface area contributed by atoms with Crippen molar-refractivity contribution in [2.24, 2.45) is 5.41 Å². The maximum absolute atomic E-state index is 3.65. The lowest BCUT2D eigenvalue weighted by Crippen LogP contribution is -2.45. The second-order valence-electron chi connectivity index (χ2n) is 8.40. The van der Waals surface area contributed by atoms with Crippen molar-refractivity contribution in [3.63, 3.8) is 0 Å². The Labute approximate surface area is 130 Å². The third-order valence-corrected chi connectivity index (χ3v) is 4.29. The van der Waals surface area contributed by atoms with Crippen LogP contribution in [-0.2, 0) is 0 Å². The van der Waals surface area contributed by atoms with E-state index in [1.807, 2.05) is 0 Å². The van der Waals surface area contributed by atoms with E-state index in [0.717, 1.165) is 12.5 Å². The molecule has 0 saturated carbocycles. The number of nitrogens with one attached hydrogen (secondary N) is 1. The fourth-order valence-electron chi connectivity index (χ4n) is 3.14. The summed E-state index contributed by atoms with van der Waals surface area (Å²) in [5.74, 6) is 0.720. The molecule has 1 saturated heterocycles. The van der Waals surface area contributed by atoms with Crippen molar-refractivity contribution in [3.8, 4) is 0 Å². The van der Waals surface area contributed by atoms with Gasteiger partial charge in [0.05, 0.1) is 0 Å². The predicted molar refractivity (Wildman–Crippen MR) is 91.8 cm³/mol. The molecule has 0 amide bonds. The van der Waals surface area contributed by atoms with Gasteiger partial charge in [0.25, 0.3) is 0 Å². The summed E-state index contributed by atoms with van der Waals surface area (Å²) in [6.45, 7) is 16.2. The molecule has 2 rings (SSSR count). The van der Waals surface area contributed by atoms with Crippen LogP contribution < -0.4 is 5.32 Å². The minimum atomic E-state index is 0.203. The first-order valence-corrected chi connectivity index (χ1v) is 8.28. The highest BCUT2D eigenvalue weighted by atomic mass is 15.2. The Bertz CT molecular complexity index is 431. The van der Waals surface area contributed by atoms with Crippen molar-refractivity contribution in [2.45, 2.75) is 52.5 Å². The number of hydrogen-bond donors (Lipinski definition) is 1. The molecule has 1 aliphatic rings. The summed E-state index contributed by atoms with van der Waals surface area (Å²) in [7, 11) is 0. The Kier molecular flexibility index (Phi) is 5.11. The maximum Gasteiger partial charge on any atom is 0.00967 e. The molecule has 0 bridgehead atoms. The minimum absolute atomic E-state index is 0.203. The molecule has 1 unspecified atom stereocenters. The van der Waals surface area contributed by atoms with E-state index in [9.17, 15) is 0 Å². The normalized spacial score (nSPS) is 20.9. The van der Waals surface area contributed by atoms with Gasteiger partial charge in [-0.2, -0.15) is 0 Å². The van der Waals surface area contributed by atoms with E-state index < -0.39 is 0 Å². The van der Waals surface area contributed by atoms with Crippen LogP contribution in [0.5, 0.6) is 0 Å². The zero-order chi connectivity index (χ0) is 15.5. The van der Waals surface area contributed by atoms with Gasteiger partial charge in [-0.05, 0) is 50.6 Å². The van der Waals surface area contributed by atoms with Crippen molar-refractivity contribution >= 4 is 0 Å². The van der Waals surface area contributed by atoms with E-state index in [2.05, 4.69) is 75.2 Å². The molecule has 1 heterocycles. The van der Waals surface area contributed by atoms with Crippen LogP contribution in [-0.4, -0.2) is 36.6 Å². The lowest BCUT2D eigenvalue weighted by atomic mass is 9.91. The van der Waals surface area contributed by atoms with E-state index >= 15 is 0 Å². The first-order chi connectivity index (χ1) is 9.75. The molecule has 21 heavy (non-hydrogen) atoms. The second kappa shape index (κ2) is 6.50. The molecule has 1 N–H and O–H groups in total. The molecule has 0 spiro atoms. The Balaban J connectivity index is 1.84. The molecule has 1 fully saturated rings. The molecule has 0 aliphatic carbocycles. The highest BCUT2D eigenvalue weighted by molar-refractivity contribution is 5.21. The first kappa shape index (κ1) is 16.5. The molecule has 2 nitrogen and oxygen atoms in total. The lowest BCUT2D eigenvalue weighted by Gasteiger charge is -2.34. The van der Waals surface area contributed by atoms with Crippen molar-refractivity contribution in [1.29, 1.82) is 0 Å². The number of likely N-dealkylation sites (tertiary alicyclic amines) is 1. The lowest BCUT2D eigenvalue weighted by molar-refractivity contribution is 0.189. The molecule has 0 radical (unpaired) electrons. The van der Waals surface area contributed by atoms with Gasteiger partial charge in [0.1, 0.15) is 0 Å². The SMILES string of the molecule is CC(C)(CNC(C)(C)C)CN1CCC(c2ccccc2)C1. The minimum Gasteiger partial charge on any atom is -0.311 e. The highest BCUT2D eigenvalue weighted by Crippen LogP contribution is 2.29. The van der Waals surface area contributed by atoms with Crippen molar-refractivity contribution < 1.29 is 0 Å². The van der Waals surface area contributed by atoms with Gasteiger partial charge < -0.3 is 10.2 Å². The third-order valence-electron chi connectivity index (χ3n) is 4.29. The first-order valence-electron chi connectivity index (χ1n) is 8.28. The number of rotatable bonds is 5. The Hall–Kier alpha value is -0.860. The van der Waals surface area contributed by atoms with E-state index in [4.69, 9.17) is 0 Å². The van der Waals surface area contributed by atoms with Crippen LogP contribution in [0.3, 0.4) is 0 Å². The van der Waals surface area contributed by atoms with E-state index in [-0.39, 0.29) is 5.54 Å². The maximum atomic E-state index is 3.65. The zero-order valence-corrected chi connectivity index (χ0v) is 14.4. The van der Waals surface area contributed by atoms with Gasteiger partial charge in [0, 0.05) is 25.2 Å². The fourth-order valence-corrected chi connectivity index (χ4v) is 3.14. The van der Waals surface area contributed by atoms with Crippen LogP contribution >= 0.6 is 0 Å². The molecule has 118 valence electrons. The highest BCUT2D eigenvalue weighted by Gasteiger charge is 2.29. The van der Waals surface area contributed by atoms with E-state index in [1.54, 1.807) is 0 Å². The summed E-state index contributed by atoms with van der Waals surface area (Å²) in [4.78, 5) is 2.64. The monoisotopic (exact) mass is 288 g/mol. The quantitative estimate of drug-likeness (QED) is 0.884.